The summed E-state index contributed by atoms with van der Waals surface area (Å²) >= 11 is 3.57. The van der Waals surface area contributed by atoms with Gasteiger partial charge >= 0.3 is 7.12 Å². The van der Waals surface area contributed by atoms with Gasteiger partial charge in [0.05, 0.1) is 0 Å². The van der Waals surface area contributed by atoms with Crippen LogP contribution in [0.15, 0.2) is 81.7 Å². The van der Waals surface area contributed by atoms with Gasteiger partial charge in [0.2, 0.25) is 0 Å². The Labute approximate surface area is 164 Å². The number of hydrogen-bond donors (Lipinski definition) is 2. The van der Waals surface area contributed by atoms with Gasteiger partial charge in [-0.25, -0.2) is 0 Å². The summed E-state index contributed by atoms with van der Waals surface area (Å²) < 4.78 is 6.83. The molecule has 0 radical (unpaired) electrons. The molecule has 2 N–H and O–H groups in total. The minimum atomic E-state index is -1.50. The number of fused-ring (bicyclic) bond motifs is 4. The van der Waals surface area contributed by atoms with Crippen LogP contribution in [-0.2, 0) is 0 Å². The zero-order chi connectivity index (χ0) is 18.5. The molecule has 0 amide bonds. The van der Waals surface area contributed by atoms with Crippen molar-refractivity contribution in [1.29, 1.82) is 0 Å². The van der Waals surface area contributed by atoms with Crippen molar-refractivity contribution in [3.8, 4) is 11.1 Å². The molecule has 1 heterocycles. The topological polar surface area (TPSA) is 53.6 Å². The van der Waals surface area contributed by atoms with Gasteiger partial charge in [0.1, 0.15) is 11.2 Å². The third kappa shape index (κ3) is 2.67. The maximum Gasteiger partial charge on any atom is 0.489 e. The lowest BCUT2D eigenvalue weighted by atomic mass is 9.77. The van der Waals surface area contributed by atoms with Crippen LogP contribution in [0.4, 0.5) is 0 Å². The second kappa shape index (κ2) is 6.24. The lowest BCUT2D eigenvalue weighted by Crippen LogP contribution is -2.30. The Morgan fingerprint density at radius 3 is 2.19 bits per heavy atom. The summed E-state index contributed by atoms with van der Waals surface area (Å²) in [6.45, 7) is 0. The summed E-state index contributed by atoms with van der Waals surface area (Å²) in [5.41, 5.74) is 4.38. The SMILES string of the molecule is OB(O)c1ccc(Br)c2cc(-c3ccc4oc5ccccc5c4c3)ccc12. The molecule has 0 bridgehead atoms. The summed E-state index contributed by atoms with van der Waals surface area (Å²) in [6.07, 6.45) is 0. The number of hydrogen-bond acceptors (Lipinski definition) is 3. The Kier molecular flexibility index (Phi) is 3.83. The summed E-state index contributed by atoms with van der Waals surface area (Å²) in [5, 5.41) is 23.2. The molecule has 0 aliphatic rings. The molecule has 0 aliphatic heterocycles. The molecule has 130 valence electrons. The second-order valence-electron chi connectivity index (χ2n) is 6.58. The quantitative estimate of drug-likeness (QED) is 0.404. The monoisotopic (exact) mass is 416 g/mol. The van der Waals surface area contributed by atoms with Crippen molar-refractivity contribution in [2.24, 2.45) is 0 Å². The van der Waals surface area contributed by atoms with Crippen molar-refractivity contribution >= 4 is 61.2 Å². The molecule has 0 aliphatic carbocycles. The van der Waals surface area contributed by atoms with Crippen LogP contribution in [-0.4, -0.2) is 17.2 Å². The van der Waals surface area contributed by atoms with Crippen LogP contribution in [0.5, 0.6) is 0 Å². The van der Waals surface area contributed by atoms with Gasteiger partial charge in [0.25, 0.3) is 0 Å². The average Bonchev–Trinajstić information content (AvgIpc) is 3.06. The lowest BCUT2D eigenvalue weighted by Gasteiger charge is -2.10. The molecule has 5 heteroatoms. The minimum absolute atomic E-state index is 0.496. The number of rotatable bonds is 2. The maximum atomic E-state index is 9.62. The van der Waals surface area contributed by atoms with Crippen molar-refractivity contribution in [1.82, 2.24) is 0 Å². The molecule has 0 atom stereocenters. The highest BCUT2D eigenvalue weighted by Gasteiger charge is 2.16. The molecule has 5 rings (SSSR count). The fourth-order valence-electron chi connectivity index (χ4n) is 3.65. The highest BCUT2D eigenvalue weighted by atomic mass is 79.9. The molecule has 0 unspecified atom stereocenters. The predicted molar refractivity (Wildman–Crippen MR) is 114 cm³/mol. The molecule has 0 saturated heterocycles. The molecule has 27 heavy (non-hydrogen) atoms. The van der Waals surface area contributed by atoms with E-state index in [1.54, 1.807) is 6.07 Å². The van der Waals surface area contributed by atoms with Crippen LogP contribution < -0.4 is 5.46 Å². The second-order valence-corrected chi connectivity index (χ2v) is 7.43. The van der Waals surface area contributed by atoms with E-state index in [1.807, 2.05) is 48.5 Å². The molecule has 0 spiro atoms. The van der Waals surface area contributed by atoms with Crippen molar-refractivity contribution in [2.45, 2.75) is 0 Å². The van der Waals surface area contributed by atoms with Gasteiger partial charge < -0.3 is 14.5 Å². The zero-order valence-corrected chi connectivity index (χ0v) is 15.8. The first kappa shape index (κ1) is 16.6. The summed E-state index contributed by atoms with van der Waals surface area (Å²) in [7, 11) is -1.50. The van der Waals surface area contributed by atoms with E-state index in [0.29, 0.717) is 5.46 Å². The lowest BCUT2D eigenvalue weighted by molar-refractivity contribution is 0.426. The fraction of sp³-hybridized carbons (Fsp3) is 0. The number of halogens is 1. The van der Waals surface area contributed by atoms with Crippen LogP contribution in [0.2, 0.25) is 0 Å². The molecular weight excluding hydrogens is 403 g/mol. The minimum Gasteiger partial charge on any atom is -0.456 e. The highest BCUT2D eigenvalue weighted by Crippen LogP contribution is 2.34. The van der Waals surface area contributed by atoms with Gasteiger partial charge in [0, 0.05) is 15.2 Å². The maximum absolute atomic E-state index is 9.62. The largest absolute Gasteiger partial charge is 0.489 e. The predicted octanol–water partition coefficient (Wildman–Crippen LogP) is 4.85. The summed E-state index contributed by atoms with van der Waals surface area (Å²) in [5.74, 6) is 0. The standard InChI is InChI=1S/C22H14BBrO3/c24-20-9-8-19(23(25)26)15-7-5-13(11-17(15)20)14-6-10-22-18(12-14)16-3-1-2-4-21(16)27-22/h1-12,25-26H. The van der Waals surface area contributed by atoms with Crippen molar-refractivity contribution in [3.63, 3.8) is 0 Å². The Balaban J connectivity index is 1.73. The number of benzene rings is 4. The van der Waals surface area contributed by atoms with E-state index in [1.165, 1.54) is 0 Å². The molecular formula is C22H14BBrO3. The molecule has 0 fully saturated rings. The highest BCUT2D eigenvalue weighted by molar-refractivity contribution is 9.10. The molecule has 0 saturated carbocycles. The zero-order valence-electron chi connectivity index (χ0n) is 14.2. The van der Waals surface area contributed by atoms with E-state index in [-0.39, 0.29) is 0 Å². The Morgan fingerprint density at radius 2 is 1.37 bits per heavy atom. The molecule has 4 aromatic carbocycles. The van der Waals surface area contributed by atoms with E-state index < -0.39 is 7.12 Å². The van der Waals surface area contributed by atoms with Gasteiger partial charge in [-0.2, -0.15) is 0 Å². The Hall–Kier alpha value is -2.60. The number of furan rings is 1. The fourth-order valence-corrected chi connectivity index (χ4v) is 4.11. The van der Waals surface area contributed by atoms with Crippen molar-refractivity contribution < 1.29 is 14.5 Å². The van der Waals surface area contributed by atoms with Gasteiger partial charge in [0.15, 0.2) is 0 Å². The average molecular weight is 417 g/mol. The summed E-state index contributed by atoms with van der Waals surface area (Å²) in [4.78, 5) is 0. The van der Waals surface area contributed by atoms with Gasteiger partial charge in [-0.3, -0.25) is 0 Å². The summed E-state index contributed by atoms with van der Waals surface area (Å²) in [6, 6.07) is 23.8. The molecule has 5 aromatic rings. The van der Waals surface area contributed by atoms with Gasteiger partial charge in [-0.1, -0.05) is 58.4 Å². The van der Waals surface area contributed by atoms with Gasteiger partial charge in [-0.15, -0.1) is 0 Å². The molecule has 3 nitrogen and oxygen atoms in total. The smallest absolute Gasteiger partial charge is 0.456 e. The van der Waals surface area contributed by atoms with E-state index in [4.69, 9.17) is 4.42 Å². The van der Waals surface area contributed by atoms with Crippen molar-refractivity contribution in [2.75, 3.05) is 0 Å². The Bertz CT molecular complexity index is 1320. The first-order chi connectivity index (χ1) is 13.1. The van der Waals surface area contributed by atoms with Crippen LogP contribution in [0.25, 0.3) is 43.8 Å². The first-order valence-corrected chi connectivity index (χ1v) is 9.41. The van der Waals surface area contributed by atoms with Crippen LogP contribution >= 0.6 is 15.9 Å². The van der Waals surface area contributed by atoms with Crippen molar-refractivity contribution in [3.05, 3.63) is 77.3 Å². The Morgan fingerprint density at radius 1 is 0.667 bits per heavy atom. The third-order valence-corrected chi connectivity index (χ3v) is 5.68. The molecule has 1 aromatic heterocycles. The van der Waals surface area contributed by atoms with Crippen LogP contribution in [0.3, 0.4) is 0 Å². The van der Waals surface area contributed by atoms with E-state index in [0.717, 1.165) is 48.3 Å². The van der Waals surface area contributed by atoms with Crippen LogP contribution in [0.1, 0.15) is 0 Å². The van der Waals surface area contributed by atoms with E-state index in [2.05, 4.69) is 34.1 Å². The van der Waals surface area contributed by atoms with E-state index in [9.17, 15) is 10.0 Å². The van der Waals surface area contributed by atoms with Crippen LogP contribution in [0, 0.1) is 0 Å². The number of para-hydroxylation sites is 1. The normalized spacial score (nSPS) is 11.5. The first-order valence-electron chi connectivity index (χ1n) is 8.62. The van der Waals surface area contributed by atoms with Gasteiger partial charge in [-0.05, 0) is 57.7 Å². The van der Waals surface area contributed by atoms with E-state index >= 15 is 0 Å². The third-order valence-electron chi connectivity index (χ3n) is 4.99.